The maximum Gasteiger partial charge on any atom is 0.316 e. The van der Waals surface area contributed by atoms with Crippen LogP contribution in [0.3, 0.4) is 0 Å². The second-order valence-corrected chi connectivity index (χ2v) is 3.77. The molecule has 0 amide bonds. The van der Waals surface area contributed by atoms with E-state index in [2.05, 4.69) is 4.74 Å². The van der Waals surface area contributed by atoms with Gasteiger partial charge in [0.05, 0.1) is 13.0 Å². The van der Waals surface area contributed by atoms with Crippen LogP contribution in [0, 0.1) is 17.8 Å². The number of hydrogen-bond donors (Lipinski definition) is 0. The summed E-state index contributed by atoms with van der Waals surface area (Å²) in [5, 5.41) is 0. The van der Waals surface area contributed by atoms with E-state index in [9.17, 15) is 14.4 Å². The molecule has 0 aromatic rings. The predicted octanol–water partition coefficient (Wildman–Crippen LogP) is 0.590. The van der Waals surface area contributed by atoms with E-state index in [1.807, 2.05) is 0 Å². The Kier molecular flexibility index (Phi) is 3.03. The van der Waals surface area contributed by atoms with Crippen LogP contribution in [0.4, 0.5) is 0 Å². The van der Waals surface area contributed by atoms with E-state index < -0.39 is 17.8 Å². The van der Waals surface area contributed by atoms with Gasteiger partial charge in [0, 0.05) is 6.42 Å². The Morgan fingerprint density at radius 3 is 2.43 bits per heavy atom. The quantitative estimate of drug-likeness (QED) is 0.457. The fourth-order valence-electron chi connectivity index (χ4n) is 1.80. The van der Waals surface area contributed by atoms with E-state index in [1.54, 1.807) is 13.8 Å². The molecule has 1 rings (SSSR count). The van der Waals surface area contributed by atoms with Crippen molar-refractivity contribution in [2.75, 3.05) is 7.11 Å². The van der Waals surface area contributed by atoms with Gasteiger partial charge in [0.1, 0.15) is 11.7 Å². The summed E-state index contributed by atoms with van der Waals surface area (Å²) in [6, 6.07) is 0. The molecule has 0 aromatic heterocycles. The van der Waals surface area contributed by atoms with Crippen molar-refractivity contribution >= 4 is 17.5 Å². The molecule has 0 aromatic carbocycles. The van der Waals surface area contributed by atoms with Gasteiger partial charge >= 0.3 is 5.97 Å². The first kappa shape index (κ1) is 10.9. The van der Waals surface area contributed by atoms with Crippen LogP contribution in [0.5, 0.6) is 0 Å². The SMILES string of the molecule is COC(=O)C1C(=O)C(C)C(=O)CC1C. The van der Waals surface area contributed by atoms with Gasteiger partial charge in [0.15, 0.2) is 5.78 Å². The Balaban J connectivity index is 2.90. The topological polar surface area (TPSA) is 60.4 Å². The lowest BCUT2D eigenvalue weighted by molar-refractivity contribution is -0.156. The number of hydrogen-bond acceptors (Lipinski definition) is 4. The van der Waals surface area contributed by atoms with Gasteiger partial charge in [-0.05, 0) is 12.8 Å². The fourth-order valence-corrected chi connectivity index (χ4v) is 1.80. The molecule has 1 aliphatic carbocycles. The van der Waals surface area contributed by atoms with Crippen LogP contribution in [-0.4, -0.2) is 24.6 Å². The molecule has 4 heteroatoms. The highest BCUT2D eigenvalue weighted by Crippen LogP contribution is 2.29. The van der Waals surface area contributed by atoms with Gasteiger partial charge in [-0.2, -0.15) is 0 Å². The predicted molar refractivity (Wildman–Crippen MR) is 48.5 cm³/mol. The molecule has 1 aliphatic rings. The largest absolute Gasteiger partial charge is 0.468 e. The maximum absolute atomic E-state index is 11.6. The molecule has 78 valence electrons. The number of carbonyl (C=O) groups is 3. The summed E-state index contributed by atoms with van der Waals surface area (Å²) in [4.78, 5) is 34.2. The molecule has 0 aliphatic heterocycles. The lowest BCUT2D eigenvalue weighted by Gasteiger charge is -2.28. The van der Waals surface area contributed by atoms with Crippen LogP contribution in [0.2, 0.25) is 0 Å². The van der Waals surface area contributed by atoms with Gasteiger partial charge < -0.3 is 4.74 Å². The van der Waals surface area contributed by atoms with E-state index in [1.165, 1.54) is 7.11 Å². The molecule has 0 N–H and O–H groups in total. The Hall–Kier alpha value is -1.19. The Labute approximate surface area is 82.6 Å². The molecule has 0 spiro atoms. The highest BCUT2D eigenvalue weighted by molar-refractivity contribution is 6.12. The van der Waals surface area contributed by atoms with Crippen LogP contribution < -0.4 is 0 Å². The number of ketones is 2. The summed E-state index contributed by atoms with van der Waals surface area (Å²) in [5.74, 6) is -2.56. The van der Waals surface area contributed by atoms with Crippen molar-refractivity contribution in [2.45, 2.75) is 20.3 Å². The molecular weight excluding hydrogens is 184 g/mol. The average Bonchev–Trinajstić information content (AvgIpc) is 2.14. The van der Waals surface area contributed by atoms with Gasteiger partial charge in [-0.1, -0.05) is 6.92 Å². The fraction of sp³-hybridized carbons (Fsp3) is 0.700. The first-order valence-corrected chi connectivity index (χ1v) is 4.63. The van der Waals surface area contributed by atoms with Crippen LogP contribution in [0.15, 0.2) is 0 Å². The molecule has 4 nitrogen and oxygen atoms in total. The summed E-state index contributed by atoms with van der Waals surface area (Å²) in [6.45, 7) is 3.27. The maximum atomic E-state index is 11.6. The minimum atomic E-state index is -0.757. The van der Waals surface area contributed by atoms with E-state index >= 15 is 0 Å². The molecule has 1 fully saturated rings. The highest BCUT2D eigenvalue weighted by atomic mass is 16.5. The van der Waals surface area contributed by atoms with Gasteiger partial charge in [-0.15, -0.1) is 0 Å². The van der Waals surface area contributed by atoms with Gasteiger partial charge in [-0.25, -0.2) is 0 Å². The van der Waals surface area contributed by atoms with Gasteiger partial charge in [-0.3, -0.25) is 14.4 Å². The summed E-state index contributed by atoms with van der Waals surface area (Å²) >= 11 is 0. The standard InChI is InChI=1S/C10H14O4/c1-5-4-7(11)6(2)9(12)8(5)10(13)14-3/h5-6,8H,4H2,1-3H3. The molecule has 0 saturated heterocycles. The molecule has 14 heavy (non-hydrogen) atoms. The third kappa shape index (κ3) is 1.69. The number of carbonyl (C=O) groups excluding carboxylic acids is 3. The molecule has 0 bridgehead atoms. The normalized spacial score (nSPS) is 32.9. The zero-order valence-electron chi connectivity index (χ0n) is 8.57. The Bertz CT molecular complexity index is 282. The summed E-state index contributed by atoms with van der Waals surface area (Å²) < 4.78 is 4.54. The van der Waals surface area contributed by atoms with E-state index in [0.29, 0.717) is 0 Å². The van der Waals surface area contributed by atoms with E-state index in [4.69, 9.17) is 0 Å². The lowest BCUT2D eigenvalue weighted by atomic mass is 9.74. The zero-order chi connectivity index (χ0) is 10.9. The first-order chi connectivity index (χ1) is 6.49. The van der Waals surface area contributed by atoms with Gasteiger partial charge in [0.2, 0.25) is 0 Å². The van der Waals surface area contributed by atoms with E-state index in [-0.39, 0.29) is 23.9 Å². The van der Waals surface area contributed by atoms with Crippen LogP contribution in [0.25, 0.3) is 0 Å². The third-order valence-electron chi connectivity index (χ3n) is 2.76. The summed E-state index contributed by atoms with van der Waals surface area (Å²) in [7, 11) is 1.25. The second kappa shape index (κ2) is 3.90. The van der Waals surface area contributed by atoms with Crippen LogP contribution >= 0.6 is 0 Å². The number of rotatable bonds is 1. The van der Waals surface area contributed by atoms with Gasteiger partial charge in [0.25, 0.3) is 0 Å². The minimum Gasteiger partial charge on any atom is -0.468 e. The first-order valence-electron chi connectivity index (χ1n) is 4.63. The van der Waals surface area contributed by atoms with Crippen molar-refractivity contribution in [3.63, 3.8) is 0 Å². The van der Waals surface area contributed by atoms with Crippen LogP contribution in [-0.2, 0) is 19.1 Å². The monoisotopic (exact) mass is 198 g/mol. The molecule has 0 radical (unpaired) electrons. The molecular formula is C10H14O4. The van der Waals surface area contributed by atoms with Crippen molar-refractivity contribution in [2.24, 2.45) is 17.8 Å². The van der Waals surface area contributed by atoms with Crippen molar-refractivity contribution < 1.29 is 19.1 Å². The van der Waals surface area contributed by atoms with Crippen LogP contribution in [0.1, 0.15) is 20.3 Å². The smallest absolute Gasteiger partial charge is 0.316 e. The van der Waals surface area contributed by atoms with Crippen molar-refractivity contribution in [3.05, 3.63) is 0 Å². The second-order valence-electron chi connectivity index (χ2n) is 3.77. The molecule has 3 unspecified atom stereocenters. The number of ether oxygens (including phenoxy) is 1. The number of methoxy groups -OCH3 is 1. The molecule has 1 saturated carbocycles. The average molecular weight is 198 g/mol. The Morgan fingerprint density at radius 1 is 1.36 bits per heavy atom. The molecule has 0 heterocycles. The van der Waals surface area contributed by atoms with Crippen molar-refractivity contribution in [1.29, 1.82) is 0 Å². The number of esters is 1. The summed E-state index contributed by atoms with van der Waals surface area (Å²) in [5.41, 5.74) is 0. The minimum absolute atomic E-state index is 0.0809. The Morgan fingerprint density at radius 2 is 1.93 bits per heavy atom. The van der Waals surface area contributed by atoms with Crippen molar-refractivity contribution in [3.8, 4) is 0 Å². The zero-order valence-corrected chi connectivity index (χ0v) is 8.57. The third-order valence-corrected chi connectivity index (χ3v) is 2.76. The van der Waals surface area contributed by atoms with E-state index in [0.717, 1.165) is 0 Å². The number of Topliss-reactive ketones (excluding diaryl/α,β-unsaturated/α-hetero) is 2. The molecule has 3 atom stereocenters. The summed E-state index contributed by atoms with van der Waals surface area (Å²) in [6.07, 6.45) is 0.284. The lowest BCUT2D eigenvalue weighted by Crippen LogP contribution is -2.43. The highest BCUT2D eigenvalue weighted by Gasteiger charge is 2.43. The van der Waals surface area contributed by atoms with Crippen molar-refractivity contribution in [1.82, 2.24) is 0 Å².